The second-order valence-electron chi connectivity index (χ2n) is 11.0. The molecule has 4 rings (SSSR count). The molecule has 27 heavy (non-hydrogen) atoms. The van der Waals surface area contributed by atoms with Crippen molar-refractivity contribution in [3.8, 4) is 0 Å². The van der Waals surface area contributed by atoms with Crippen molar-refractivity contribution in [3.05, 3.63) is 0 Å². The van der Waals surface area contributed by atoms with Crippen LogP contribution in [0.3, 0.4) is 0 Å². The lowest BCUT2D eigenvalue weighted by Crippen LogP contribution is -2.56. The van der Waals surface area contributed by atoms with Gasteiger partial charge in [-0.25, -0.2) is 0 Å². The molecule has 0 heterocycles. The summed E-state index contributed by atoms with van der Waals surface area (Å²) in [4.78, 5) is 4.98. The van der Waals surface area contributed by atoms with Gasteiger partial charge in [0.15, 0.2) is 0 Å². The van der Waals surface area contributed by atoms with Gasteiger partial charge in [-0.2, -0.15) is 0 Å². The highest BCUT2D eigenvalue weighted by Crippen LogP contribution is 2.67. The quantitative estimate of drug-likeness (QED) is 0.693. The number of hydrogen-bond acceptors (Lipinski definition) is 3. The minimum atomic E-state index is -0.168. The maximum atomic E-state index is 10.4. The molecule has 0 amide bonds. The van der Waals surface area contributed by atoms with Gasteiger partial charge in [0.2, 0.25) is 0 Å². The van der Waals surface area contributed by atoms with E-state index in [9.17, 15) is 10.2 Å². The van der Waals surface area contributed by atoms with Gasteiger partial charge in [-0.3, -0.25) is 4.99 Å². The fraction of sp³-hybridized carbons (Fsp3) is 0.958. The first-order chi connectivity index (χ1) is 12.8. The van der Waals surface area contributed by atoms with Crippen LogP contribution < -0.4 is 0 Å². The first kappa shape index (κ1) is 19.9. The largest absolute Gasteiger partial charge is 0.393 e. The van der Waals surface area contributed by atoms with E-state index in [1.54, 1.807) is 0 Å². The average Bonchev–Trinajstić information content (AvgIpc) is 2.97. The van der Waals surface area contributed by atoms with Crippen molar-refractivity contribution in [3.63, 3.8) is 0 Å². The Kier molecular flexibility index (Phi) is 5.25. The molecule has 4 fully saturated rings. The number of fused-ring (bicyclic) bond motifs is 5. The van der Waals surface area contributed by atoms with Gasteiger partial charge in [0, 0.05) is 12.3 Å². The zero-order chi connectivity index (χ0) is 19.4. The molecule has 2 unspecified atom stereocenters. The van der Waals surface area contributed by atoms with Crippen LogP contribution in [0.5, 0.6) is 0 Å². The van der Waals surface area contributed by atoms with Crippen LogP contribution in [0.1, 0.15) is 85.5 Å². The monoisotopic (exact) mass is 375 g/mol. The highest BCUT2D eigenvalue weighted by atomic mass is 16.3. The van der Waals surface area contributed by atoms with E-state index < -0.39 is 0 Å². The molecule has 4 aliphatic carbocycles. The van der Waals surface area contributed by atoms with E-state index >= 15 is 0 Å². The lowest BCUT2D eigenvalue weighted by molar-refractivity contribution is -0.135. The summed E-state index contributed by atoms with van der Waals surface area (Å²) >= 11 is 0. The van der Waals surface area contributed by atoms with E-state index in [2.05, 4.69) is 20.8 Å². The van der Waals surface area contributed by atoms with Crippen LogP contribution in [-0.2, 0) is 0 Å². The van der Waals surface area contributed by atoms with Gasteiger partial charge < -0.3 is 10.2 Å². The Bertz CT molecular complexity index is 583. The number of aliphatic hydroxyl groups is 2. The molecule has 4 saturated carbocycles. The molecule has 9 atom stereocenters. The van der Waals surface area contributed by atoms with E-state index in [1.165, 1.54) is 50.7 Å². The van der Waals surface area contributed by atoms with E-state index in [1.807, 2.05) is 6.92 Å². The predicted molar refractivity (Wildman–Crippen MR) is 111 cm³/mol. The molecular weight excluding hydrogens is 334 g/mol. The van der Waals surface area contributed by atoms with Crippen LogP contribution in [0.4, 0.5) is 0 Å². The zero-order valence-corrected chi connectivity index (χ0v) is 18.0. The van der Waals surface area contributed by atoms with Crippen molar-refractivity contribution in [2.75, 3.05) is 6.54 Å². The van der Waals surface area contributed by atoms with Crippen molar-refractivity contribution < 1.29 is 10.2 Å². The fourth-order valence-corrected chi connectivity index (χ4v) is 8.48. The van der Waals surface area contributed by atoms with Gasteiger partial charge >= 0.3 is 0 Å². The van der Waals surface area contributed by atoms with E-state index in [0.717, 1.165) is 37.1 Å². The summed E-state index contributed by atoms with van der Waals surface area (Å²) in [7, 11) is 0. The molecule has 154 valence electrons. The first-order valence-corrected chi connectivity index (χ1v) is 11.6. The van der Waals surface area contributed by atoms with Gasteiger partial charge in [0.05, 0.1) is 12.2 Å². The number of rotatable bonds is 3. The van der Waals surface area contributed by atoms with Gasteiger partial charge in [0.1, 0.15) is 0 Å². The number of aliphatic imine (C=N–C) groups is 1. The normalized spacial score (nSPS) is 50.3. The fourth-order valence-electron chi connectivity index (χ4n) is 8.48. The van der Waals surface area contributed by atoms with Gasteiger partial charge in [-0.1, -0.05) is 6.92 Å². The molecule has 4 aliphatic rings. The van der Waals surface area contributed by atoms with E-state index in [4.69, 9.17) is 4.99 Å². The molecule has 0 spiro atoms. The third-order valence-electron chi connectivity index (χ3n) is 9.68. The maximum absolute atomic E-state index is 10.4. The Morgan fingerprint density at radius 3 is 2.52 bits per heavy atom. The van der Waals surface area contributed by atoms with Crippen molar-refractivity contribution in [1.82, 2.24) is 0 Å². The van der Waals surface area contributed by atoms with Crippen LogP contribution in [0, 0.1) is 40.4 Å². The summed E-state index contributed by atoms with van der Waals surface area (Å²) in [5, 5.41) is 20.8. The summed E-state index contributed by atoms with van der Waals surface area (Å²) < 4.78 is 0. The maximum Gasteiger partial charge on any atom is 0.0545 e. The predicted octanol–water partition coefficient (Wildman–Crippen LogP) is 4.85. The minimum absolute atomic E-state index is 0.0914. The average molecular weight is 376 g/mol. The highest BCUT2D eigenvalue weighted by molar-refractivity contribution is 5.79. The number of aliphatic hydroxyl groups excluding tert-OH is 2. The Morgan fingerprint density at radius 2 is 1.81 bits per heavy atom. The smallest absolute Gasteiger partial charge is 0.0545 e. The van der Waals surface area contributed by atoms with Crippen molar-refractivity contribution in [1.29, 1.82) is 0 Å². The Labute approximate surface area is 166 Å². The van der Waals surface area contributed by atoms with Crippen molar-refractivity contribution in [2.45, 2.75) is 97.7 Å². The molecule has 3 nitrogen and oxygen atoms in total. The molecule has 0 aromatic carbocycles. The van der Waals surface area contributed by atoms with Crippen LogP contribution >= 0.6 is 0 Å². The Hall–Kier alpha value is -0.410. The zero-order valence-electron chi connectivity index (χ0n) is 18.0. The summed E-state index contributed by atoms with van der Waals surface area (Å²) in [6.07, 6.45) is 10.6. The Morgan fingerprint density at radius 1 is 1.04 bits per heavy atom. The van der Waals surface area contributed by atoms with Gasteiger partial charge in [0.25, 0.3) is 0 Å². The van der Waals surface area contributed by atoms with Crippen LogP contribution in [0.2, 0.25) is 0 Å². The Balaban J connectivity index is 1.65. The molecule has 3 heteroatoms. The highest BCUT2D eigenvalue weighted by Gasteiger charge is 2.61. The second kappa shape index (κ2) is 7.13. The van der Waals surface area contributed by atoms with Crippen LogP contribution in [0.25, 0.3) is 0 Å². The summed E-state index contributed by atoms with van der Waals surface area (Å²) in [6, 6.07) is 0. The molecule has 0 saturated heterocycles. The topological polar surface area (TPSA) is 52.8 Å². The standard InChI is InChI=1S/C24H41NO2/c1-15(2)25-14-24-12-9-18(27)13-17(24)5-6-19-21-8-7-20(16(3)26)23(21,4)11-10-22(19)24/h16-22,26-27H,5-14H2,1-4H3/t16?,17?,18-,19-,20+,21-,22-,23+,24+/m0/s1. The molecule has 0 bridgehead atoms. The summed E-state index contributed by atoms with van der Waals surface area (Å²) in [6.45, 7) is 9.76. The van der Waals surface area contributed by atoms with E-state index in [0.29, 0.717) is 22.7 Å². The van der Waals surface area contributed by atoms with E-state index in [-0.39, 0.29) is 12.2 Å². The first-order valence-electron chi connectivity index (χ1n) is 11.6. The lowest BCUT2D eigenvalue weighted by atomic mass is 9.44. The minimum Gasteiger partial charge on any atom is -0.393 e. The van der Waals surface area contributed by atoms with Gasteiger partial charge in [-0.15, -0.1) is 0 Å². The number of nitrogens with zero attached hydrogens (tertiary/aromatic N) is 1. The van der Waals surface area contributed by atoms with Crippen molar-refractivity contribution in [2.24, 2.45) is 45.4 Å². The molecule has 0 aromatic heterocycles. The molecule has 2 N–H and O–H groups in total. The van der Waals surface area contributed by atoms with Crippen LogP contribution in [0.15, 0.2) is 4.99 Å². The third kappa shape index (κ3) is 3.12. The third-order valence-corrected chi connectivity index (χ3v) is 9.68. The lowest BCUT2D eigenvalue weighted by Gasteiger charge is -2.61. The second-order valence-corrected chi connectivity index (χ2v) is 11.0. The summed E-state index contributed by atoms with van der Waals surface area (Å²) in [5.41, 5.74) is 1.86. The molecular formula is C24H41NO2. The summed E-state index contributed by atoms with van der Waals surface area (Å²) in [5.74, 6) is 3.52. The van der Waals surface area contributed by atoms with Crippen LogP contribution in [-0.4, -0.2) is 34.7 Å². The van der Waals surface area contributed by atoms with Gasteiger partial charge in [-0.05, 0) is 119 Å². The van der Waals surface area contributed by atoms with Crippen molar-refractivity contribution >= 4 is 5.71 Å². The SMILES string of the molecule is CC(C)=NC[C@]12CC[C@H](O)CC1CC[C@@H]1[C@@H]2CC[C@]2(C)[C@@H](C(C)O)CC[C@@H]12. The molecule has 0 aliphatic heterocycles. The number of hydrogen-bond donors (Lipinski definition) is 2. The molecule has 0 radical (unpaired) electrons. The molecule has 0 aromatic rings.